The molecule has 1 aromatic heterocycles. The minimum atomic E-state index is -4.01. The number of halogens is 1. The van der Waals surface area contributed by atoms with Crippen molar-refractivity contribution in [3.63, 3.8) is 0 Å². The zero-order valence-electron chi connectivity index (χ0n) is 20.4. The van der Waals surface area contributed by atoms with E-state index in [1.807, 2.05) is 30.3 Å². The summed E-state index contributed by atoms with van der Waals surface area (Å²) in [7, 11) is -2.62. The van der Waals surface area contributed by atoms with Crippen molar-refractivity contribution in [3.05, 3.63) is 84.7 Å². The molecule has 11 nitrogen and oxygen atoms in total. The lowest BCUT2D eigenvalue weighted by Gasteiger charge is -2.12. The van der Waals surface area contributed by atoms with Gasteiger partial charge in [-0.05, 0) is 60.8 Å². The first-order valence-corrected chi connectivity index (χ1v) is 12.8. The maximum Gasteiger partial charge on any atom is 0.251 e. The van der Waals surface area contributed by atoms with Crippen LogP contribution in [0.5, 0.6) is 5.75 Å². The molecule has 4 aromatic rings. The number of primary sulfonamides is 1. The molecule has 0 atom stereocenters. The molecule has 0 aliphatic carbocycles. The van der Waals surface area contributed by atoms with Gasteiger partial charge in [0.2, 0.25) is 10.0 Å². The summed E-state index contributed by atoms with van der Waals surface area (Å²) in [6.45, 7) is 0. The number of nitrogens with zero attached hydrogens (tertiary/aromatic N) is 2. The van der Waals surface area contributed by atoms with Gasteiger partial charge in [0.1, 0.15) is 4.90 Å². The smallest absolute Gasteiger partial charge is 0.251 e. The number of thiocarbonyl (C=S) groups is 2. The molecule has 0 fully saturated rings. The average molecular weight is 612 g/mol. The lowest BCUT2D eigenvalue weighted by atomic mass is 10.1. The minimum absolute atomic E-state index is 0. The topological polar surface area (TPSA) is 211 Å². The Kier molecular flexibility index (Phi) is 14.4. The van der Waals surface area contributed by atoms with Gasteiger partial charge in [0.15, 0.2) is 11.6 Å². The van der Waals surface area contributed by atoms with Crippen LogP contribution in [-0.4, -0.2) is 51.3 Å². The maximum atomic E-state index is 14.4. The fraction of sp³-hybridized carbons (Fsp3) is 0.0800. The Bertz CT molecular complexity index is 1510. The van der Waals surface area contributed by atoms with Crippen LogP contribution in [0.2, 0.25) is 0 Å². The summed E-state index contributed by atoms with van der Waals surface area (Å²) < 4.78 is 45.2. The number of rotatable bonds is 5. The molecule has 0 radical (unpaired) electrons. The van der Waals surface area contributed by atoms with Crippen LogP contribution in [0.3, 0.4) is 0 Å². The van der Waals surface area contributed by atoms with Crippen molar-refractivity contribution >= 4 is 44.8 Å². The lowest BCUT2D eigenvalue weighted by Crippen LogP contribution is -2.16. The highest BCUT2D eigenvalue weighted by molar-refractivity contribution is 7.89. The van der Waals surface area contributed by atoms with Crippen LogP contribution < -0.4 is 21.3 Å². The number of hydrogen-bond donors (Lipinski definition) is 5. The van der Waals surface area contributed by atoms with Gasteiger partial charge in [-0.3, -0.25) is 0 Å². The largest absolute Gasteiger partial charge is 0.494 e. The molecule has 0 saturated carbocycles. The molecule has 0 saturated heterocycles. The number of benzene rings is 3. The van der Waals surface area contributed by atoms with E-state index in [9.17, 15) is 12.8 Å². The Labute approximate surface area is 242 Å². The molecule has 3 aromatic carbocycles. The SMILES string of the molecule is C.COc1ccc(-c2cc(-c3ccccc3)nn2-c2ccccc2S(N)(=O)=O)cc1F.NC(O)=S.NC(O)=S.O. The van der Waals surface area contributed by atoms with Crippen LogP contribution in [0, 0.1) is 5.82 Å². The summed E-state index contributed by atoms with van der Waals surface area (Å²) in [6, 6.07) is 22.0. The predicted molar refractivity (Wildman–Crippen MR) is 161 cm³/mol. The second-order valence-electron chi connectivity index (χ2n) is 7.23. The van der Waals surface area contributed by atoms with Gasteiger partial charge in [-0.2, -0.15) is 5.10 Å². The second-order valence-corrected chi connectivity index (χ2v) is 9.60. The number of aromatic nitrogens is 2. The van der Waals surface area contributed by atoms with Gasteiger partial charge in [-0.1, -0.05) is 49.9 Å². The van der Waals surface area contributed by atoms with E-state index in [1.54, 1.807) is 30.3 Å². The van der Waals surface area contributed by atoms with E-state index in [-0.39, 0.29) is 29.2 Å². The highest BCUT2D eigenvalue weighted by Gasteiger charge is 2.20. The Morgan fingerprint density at radius 2 is 1.45 bits per heavy atom. The average Bonchev–Trinajstić information content (AvgIpc) is 3.29. The second kappa shape index (κ2) is 16.1. The van der Waals surface area contributed by atoms with E-state index < -0.39 is 26.2 Å². The summed E-state index contributed by atoms with van der Waals surface area (Å²) >= 11 is 7.74. The first-order chi connectivity index (χ1) is 17.8. The summed E-state index contributed by atoms with van der Waals surface area (Å²) in [6.07, 6.45) is 0. The van der Waals surface area contributed by atoms with Crippen molar-refractivity contribution in [1.82, 2.24) is 9.78 Å². The fourth-order valence-electron chi connectivity index (χ4n) is 3.22. The van der Waals surface area contributed by atoms with Crippen molar-refractivity contribution in [1.29, 1.82) is 0 Å². The number of nitrogens with two attached hydrogens (primary N) is 3. The summed E-state index contributed by atoms with van der Waals surface area (Å²) in [5.41, 5.74) is 11.5. The lowest BCUT2D eigenvalue weighted by molar-refractivity contribution is 0.386. The van der Waals surface area contributed by atoms with Gasteiger partial charge in [0, 0.05) is 11.1 Å². The van der Waals surface area contributed by atoms with Gasteiger partial charge in [-0.25, -0.2) is 22.6 Å². The van der Waals surface area contributed by atoms with Gasteiger partial charge >= 0.3 is 0 Å². The fourth-order valence-corrected chi connectivity index (χ4v) is 3.93. The van der Waals surface area contributed by atoms with Gasteiger partial charge < -0.3 is 31.9 Å². The van der Waals surface area contributed by atoms with Crippen molar-refractivity contribution in [2.75, 3.05) is 7.11 Å². The van der Waals surface area contributed by atoms with Crippen molar-refractivity contribution in [2.24, 2.45) is 16.6 Å². The van der Waals surface area contributed by atoms with Crippen molar-refractivity contribution in [2.45, 2.75) is 12.3 Å². The molecule has 0 spiro atoms. The van der Waals surface area contributed by atoms with E-state index in [4.69, 9.17) is 20.1 Å². The third-order valence-corrected chi connectivity index (χ3v) is 5.58. The quantitative estimate of drug-likeness (QED) is 0.208. The number of ether oxygens (including phenoxy) is 1. The molecule has 4 rings (SSSR count). The molecular formula is C25H30FN5O6S3. The predicted octanol–water partition coefficient (Wildman–Crippen LogP) is 3.39. The standard InChI is InChI=1S/C22H18FN3O3S.2CH3NOS.CH4.H2O/c1-29-21-12-11-16(13-17(21)23)20-14-18(15-7-3-2-4-8-15)25-26(20)19-9-5-6-10-22(19)30(24,27)28;2*2-1(3)4;;/h2-14H,1H3,(H2,24,27,28);2*(H3,2,3,4);1H4;1H2. The van der Waals surface area contributed by atoms with E-state index in [0.717, 1.165) is 5.56 Å². The third kappa shape index (κ3) is 10.2. The van der Waals surface area contributed by atoms with E-state index in [1.165, 1.54) is 30.0 Å². The highest BCUT2D eigenvalue weighted by atomic mass is 32.2. The van der Waals surface area contributed by atoms with Crippen LogP contribution in [0.15, 0.2) is 83.8 Å². The molecule has 40 heavy (non-hydrogen) atoms. The highest BCUT2D eigenvalue weighted by Crippen LogP contribution is 2.32. The summed E-state index contributed by atoms with van der Waals surface area (Å²) in [4.78, 5) is -0.0806. The molecule has 0 bridgehead atoms. The molecule has 216 valence electrons. The van der Waals surface area contributed by atoms with Gasteiger partial charge in [0.25, 0.3) is 10.3 Å². The molecule has 15 heteroatoms. The normalized spacial score (nSPS) is 9.78. The summed E-state index contributed by atoms with van der Waals surface area (Å²) in [5, 5.41) is 24.2. The number of hydrogen-bond acceptors (Lipinski definition) is 6. The van der Waals surface area contributed by atoms with Crippen LogP contribution in [-0.2, 0) is 10.0 Å². The number of para-hydroxylation sites is 1. The molecule has 0 aliphatic rings. The Morgan fingerprint density at radius 3 is 1.95 bits per heavy atom. The third-order valence-electron chi connectivity index (χ3n) is 4.63. The van der Waals surface area contributed by atoms with E-state index >= 15 is 0 Å². The number of aliphatic hydroxyl groups excluding tert-OH is 2. The minimum Gasteiger partial charge on any atom is -0.494 e. The monoisotopic (exact) mass is 611 g/mol. The zero-order chi connectivity index (χ0) is 28.5. The van der Waals surface area contributed by atoms with E-state index in [0.29, 0.717) is 17.0 Å². The van der Waals surface area contributed by atoms with Crippen molar-refractivity contribution < 1.29 is 33.2 Å². The van der Waals surface area contributed by atoms with Gasteiger partial charge in [0.05, 0.1) is 24.2 Å². The Morgan fingerprint density at radius 1 is 0.925 bits per heavy atom. The first-order valence-electron chi connectivity index (χ1n) is 10.4. The summed E-state index contributed by atoms with van der Waals surface area (Å²) in [5.74, 6) is -0.429. The Hall–Kier alpha value is -4.15. The van der Waals surface area contributed by atoms with Crippen LogP contribution in [0.4, 0.5) is 4.39 Å². The molecular weight excluding hydrogens is 582 g/mol. The molecule has 10 N–H and O–H groups in total. The Balaban J connectivity index is 0.00000135. The van der Waals surface area contributed by atoms with E-state index in [2.05, 4.69) is 41.0 Å². The molecule has 1 heterocycles. The number of methoxy groups -OCH3 is 1. The zero-order valence-corrected chi connectivity index (χ0v) is 22.8. The van der Waals surface area contributed by atoms with Gasteiger partial charge in [-0.15, -0.1) is 0 Å². The van der Waals surface area contributed by atoms with Crippen LogP contribution in [0.25, 0.3) is 28.2 Å². The van der Waals surface area contributed by atoms with Crippen LogP contribution >= 0.6 is 24.4 Å². The number of sulfonamides is 1. The first kappa shape index (κ1) is 35.9. The molecule has 0 aliphatic heterocycles. The van der Waals surface area contributed by atoms with Crippen molar-refractivity contribution in [3.8, 4) is 34.0 Å². The molecule has 0 unspecified atom stereocenters. The number of aliphatic hydroxyl groups is 2. The maximum absolute atomic E-state index is 14.4. The van der Waals surface area contributed by atoms with Crippen LogP contribution in [0.1, 0.15) is 7.43 Å². The molecule has 0 amide bonds.